The zero-order valence-electron chi connectivity index (χ0n) is 16.6. The number of nitrogens with zero attached hydrogens (tertiary/aromatic N) is 1. The van der Waals surface area contributed by atoms with Crippen LogP contribution in [-0.4, -0.2) is 34.0 Å². The topological polar surface area (TPSA) is 78.5 Å². The molecule has 1 amide bonds. The lowest BCUT2D eigenvalue weighted by Gasteiger charge is -2.32. The Labute approximate surface area is 172 Å². The van der Waals surface area contributed by atoms with Gasteiger partial charge in [-0.15, -0.1) is 6.58 Å². The van der Waals surface area contributed by atoms with E-state index in [1.54, 1.807) is 0 Å². The van der Waals surface area contributed by atoms with Gasteiger partial charge in [-0.25, -0.2) is 13.1 Å². The molecule has 2 N–H and O–H groups in total. The summed E-state index contributed by atoms with van der Waals surface area (Å²) in [6.45, 7) is 8.04. The largest absolute Gasteiger partial charge is 0.372 e. The number of benzene rings is 2. The molecule has 0 saturated carbocycles. The first kappa shape index (κ1) is 21.1. The number of sulfonamides is 1. The molecule has 0 aliphatic carbocycles. The third-order valence-electron chi connectivity index (χ3n) is 5.12. The Kier molecular flexibility index (Phi) is 6.71. The monoisotopic (exact) mass is 413 g/mol. The summed E-state index contributed by atoms with van der Waals surface area (Å²) in [5, 5.41) is 2.85. The Morgan fingerprint density at radius 1 is 1.10 bits per heavy atom. The van der Waals surface area contributed by atoms with Gasteiger partial charge in [-0.3, -0.25) is 4.79 Å². The van der Waals surface area contributed by atoms with Gasteiger partial charge in [0.05, 0.1) is 4.90 Å². The maximum Gasteiger partial charge on any atom is 0.255 e. The lowest BCUT2D eigenvalue weighted by atomic mass is 9.99. The molecule has 0 bridgehead atoms. The molecular weight excluding hydrogens is 386 g/mol. The minimum atomic E-state index is -3.60. The van der Waals surface area contributed by atoms with Crippen molar-refractivity contribution in [1.29, 1.82) is 0 Å². The van der Waals surface area contributed by atoms with Crippen molar-refractivity contribution in [3.8, 4) is 0 Å². The zero-order chi connectivity index (χ0) is 20.9. The molecule has 1 fully saturated rings. The Hall–Kier alpha value is -2.64. The molecule has 0 radical (unpaired) electrons. The average molecular weight is 414 g/mol. The van der Waals surface area contributed by atoms with Crippen LogP contribution in [0.3, 0.4) is 0 Å². The molecule has 1 saturated heterocycles. The van der Waals surface area contributed by atoms with Gasteiger partial charge in [-0.1, -0.05) is 13.0 Å². The van der Waals surface area contributed by atoms with Crippen molar-refractivity contribution in [3.05, 3.63) is 66.7 Å². The van der Waals surface area contributed by atoms with Crippen molar-refractivity contribution >= 4 is 27.3 Å². The van der Waals surface area contributed by atoms with Crippen molar-refractivity contribution < 1.29 is 13.2 Å². The number of hydrogen-bond acceptors (Lipinski definition) is 4. The molecule has 0 aromatic heterocycles. The first-order chi connectivity index (χ1) is 13.9. The van der Waals surface area contributed by atoms with E-state index >= 15 is 0 Å². The molecule has 1 heterocycles. The number of hydrogen-bond donors (Lipinski definition) is 2. The molecule has 7 heteroatoms. The van der Waals surface area contributed by atoms with E-state index in [1.807, 2.05) is 24.3 Å². The average Bonchev–Trinajstić information content (AvgIpc) is 2.73. The van der Waals surface area contributed by atoms with Gasteiger partial charge in [0.25, 0.3) is 5.91 Å². The zero-order valence-corrected chi connectivity index (χ0v) is 17.4. The number of carbonyl (C=O) groups excluding carboxylic acids is 1. The van der Waals surface area contributed by atoms with Gasteiger partial charge >= 0.3 is 0 Å². The number of amides is 1. The standard InChI is InChI=1S/C22H27N3O3S/c1-3-14-23-29(27,28)21-10-4-18(5-11-21)22(26)24-19-6-8-20(9-7-19)25-15-12-17(2)13-16-25/h3-11,17,23H,1,12-16H2,2H3,(H,24,26). The second kappa shape index (κ2) is 9.24. The summed E-state index contributed by atoms with van der Waals surface area (Å²) in [7, 11) is -3.60. The van der Waals surface area contributed by atoms with Gasteiger partial charge in [0.2, 0.25) is 10.0 Å². The van der Waals surface area contributed by atoms with Crippen LogP contribution in [0.4, 0.5) is 11.4 Å². The van der Waals surface area contributed by atoms with E-state index in [2.05, 4.69) is 28.4 Å². The molecule has 3 rings (SSSR count). The minimum Gasteiger partial charge on any atom is -0.372 e. The van der Waals surface area contributed by atoms with Crippen LogP contribution in [0.1, 0.15) is 30.1 Å². The van der Waals surface area contributed by atoms with E-state index < -0.39 is 10.0 Å². The van der Waals surface area contributed by atoms with Crippen LogP contribution in [0.25, 0.3) is 0 Å². The summed E-state index contributed by atoms with van der Waals surface area (Å²) < 4.78 is 26.6. The van der Waals surface area contributed by atoms with E-state index in [-0.39, 0.29) is 17.3 Å². The number of nitrogens with one attached hydrogen (secondary N) is 2. The molecule has 2 aromatic carbocycles. The number of rotatable bonds is 7. The van der Waals surface area contributed by atoms with Crippen LogP contribution in [0.5, 0.6) is 0 Å². The van der Waals surface area contributed by atoms with Gasteiger partial charge in [0, 0.05) is 36.6 Å². The van der Waals surface area contributed by atoms with Crippen molar-refractivity contribution in [2.24, 2.45) is 5.92 Å². The van der Waals surface area contributed by atoms with Gasteiger partial charge < -0.3 is 10.2 Å². The first-order valence-electron chi connectivity index (χ1n) is 9.76. The maximum absolute atomic E-state index is 12.5. The van der Waals surface area contributed by atoms with E-state index in [4.69, 9.17) is 0 Å². The highest BCUT2D eigenvalue weighted by Gasteiger charge is 2.16. The van der Waals surface area contributed by atoms with Crippen LogP contribution in [0, 0.1) is 5.92 Å². The molecule has 2 aromatic rings. The van der Waals surface area contributed by atoms with Crippen LogP contribution in [0.15, 0.2) is 66.1 Å². The van der Waals surface area contributed by atoms with Crippen LogP contribution in [-0.2, 0) is 10.0 Å². The molecule has 0 spiro atoms. The fourth-order valence-corrected chi connectivity index (χ4v) is 4.26. The van der Waals surface area contributed by atoms with Gasteiger partial charge in [-0.2, -0.15) is 0 Å². The van der Waals surface area contributed by atoms with Gasteiger partial charge in [0.15, 0.2) is 0 Å². The molecule has 0 unspecified atom stereocenters. The van der Waals surface area contributed by atoms with Crippen molar-refractivity contribution in [2.45, 2.75) is 24.7 Å². The lowest BCUT2D eigenvalue weighted by Crippen LogP contribution is -2.32. The SMILES string of the molecule is C=CCNS(=O)(=O)c1ccc(C(=O)Nc2ccc(N3CCC(C)CC3)cc2)cc1. The van der Waals surface area contributed by atoms with E-state index in [0.717, 1.165) is 24.7 Å². The smallest absolute Gasteiger partial charge is 0.255 e. The summed E-state index contributed by atoms with van der Waals surface area (Å²) in [6, 6.07) is 13.7. The Bertz CT molecular complexity index is 946. The van der Waals surface area contributed by atoms with E-state index in [1.165, 1.54) is 43.2 Å². The van der Waals surface area contributed by atoms with E-state index in [9.17, 15) is 13.2 Å². The van der Waals surface area contributed by atoms with Crippen molar-refractivity contribution in [3.63, 3.8) is 0 Å². The quantitative estimate of drug-likeness (QED) is 0.680. The predicted molar refractivity (Wildman–Crippen MR) is 117 cm³/mol. The first-order valence-corrected chi connectivity index (χ1v) is 11.2. The molecule has 154 valence electrons. The fraction of sp³-hybridized carbons (Fsp3) is 0.318. The van der Waals surface area contributed by atoms with Crippen LogP contribution < -0.4 is 14.9 Å². The second-order valence-electron chi connectivity index (χ2n) is 7.34. The molecule has 0 atom stereocenters. The molecule has 6 nitrogen and oxygen atoms in total. The molecule has 1 aliphatic heterocycles. The summed E-state index contributed by atoms with van der Waals surface area (Å²) in [6.07, 6.45) is 3.87. The highest BCUT2D eigenvalue weighted by Crippen LogP contribution is 2.24. The highest BCUT2D eigenvalue weighted by atomic mass is 32.2. The molecular formula is C22H27N3O3S. The summed E-state index contributed by atoms with van der Waals surface area (Å²) in [4.78, 5) is 14.9. The van der Waals surface area contributed by atoms with Crippen LogP contribution >= 0.6 is 0 Å². The van der Waals surface area contributed by atoms with E-state index in [0.29, 0.717) is 11.3 Å². The summed E-state index contributed by atoms with van der Waals surface area (Å²) >= 11 is 0. The van der Waals surface area contributed by atoms with Crippen LogP contribution in [0.2, 0.25) is 0 Å². The number of carbonyl (C=O) groups is 1. The summed E-state index contributed by atoms with van der Waals surface area (Å²) in [5.74, 6) is 0.497. The van der Waals surface area contributed by atoms with Gasteiger partial charge in [-0.05, 0) is 67.3 Å². The lowest BCUT2D eigenvalue weighted by molar-refractivity contribution is 0.102. The molecule has 1 aliphatic rings. The normalized spacial score (nSPS) is 15.1. The third kappa shape index (κ3) is 5.46. The minimum absolute atomic E-state index is 0.108. The predicted octanol–water partition coefficient (Wildman–Crippen LogP) is 3.64. The summed E-state index contributed by atoms with van der Waals surface area (Å²) in [5.41, 5.74) is 2.26. The molecule has 29 heavy (non-hydrogen) atoms. The third-order valence-corrected chi connectivity index (χ3v) is 6.56. The second-order valence-corrected chi connectivity index (χ2v) is 9.10. The van der Waals surface area contributed by atoms with Crippen molar-refractivity contribution in [2.75, 3.05) is 29.9 Å². The Morgan fingerprint density at radius 2 is 1.72 bits per heavy atom. The number of piperidine rings is 1. The Morgan fingerprint density at radius 3 is 2.31 bits per heavy atom. The number of anilines is 2. The van der Waals surface area contributed by atoms with Gasteiger partial charge in [0.1, 0.15) is 0 Å². The highest BCUT2D eigenvalue weighted by molar-refractivity contribution is 7.89. The fourth-order valence-electron chi connectivity index (χ4n) is 3.26. The maximum atomic E-state index is 12.5. The van der Waals surface area contributed by atoms with Crippen molar-refractivity contribution in [1.82, 2.24) is 4.72 Å². The Balaban J connectivity index is 1.62.